The van der Waals surface area contributed by atoms with Crippen LogP contribution in [0.5, 0.6) is 11.5 Å². The van der Waals surface area contributed by atoms with Crippen molar-refractivity contribution in [3.63, 3.8) is 0 Å². The highest BCUT2D eigenvalue weighted by Crippen LogP contribution is 2.48. The van der Waals surface area contributed by atoms with E-state index in [9.17, 15) is 5.11 Å². The average molecular weight is 337 g/mol. The minimum Gasteiger partial charge on any atom is -0.457 e. The number of fused-ring (bicyclic) bond motifs is 1. The van der Waals surface area contributed by atoms with Crippen molar-refractivity contribution in [3.05, 3.63) is 94.5 Å². The molecular weight excluding hydrogens is 320 g/mol. The van der Waals surface area contributed by atoms with Gasteiger partial charge in [0.15, 0.2) is 0 Å². The Hall–Kier alpha value is -2.29. The third kappa shape index (κ3) is 2.79. The number of hydrogen-bond donors (Lipinski definition) is 1. The second kappa shape index (κ2) is 6.31. The largest absolute Gasteiger partial charge is 0.457 e. The van der Waals surface area contributed by atoms with Gasteiger partial charge in [0, 0.05) is 16.5 Å². The summed E-state index contributed by atoms with van der Waals surface area (Å²) in [5.41, 5.74) is 3.25. The molecule has 120 valence electrons. The van der Waals surface area contributed by atoms with E-state index in [1.807, 2.05) is 42.5 Å². The molecule has 2 nitrogen and oxygen atoms in total. The first kappa shape index (κ1) is 15.3. The van der Waals surface area contributed by atoms with Crippen molar-refractivity contribution < 1.29 is 9.84 Å². The molecule has 3 heteroatoms. The van der Waals surface area contributed by atoms with Crippen LogP contribution in [0.4, 0.5) is 0 Å². The summed E-state index contributed by atoms with van der Waals surface area (Å²) < 4.78 is 6.01. The summed E-state index contributed by atoms with van der Waals surface area (Å²) in [6.07, 6.45) is 0.161. The van der Waals surface area contributed by atoms with Crippen LogP contribution in [0.25, 0.3) is 0 Å². The molecule has 0 saturated heterocycles. The highest BCUT2D eigenvalue weighted by molar-refractivity contribution is 6.30. The van der Waals surface area contributed by atoms with E-state index >= 15 is 0 Å². The average Bonchev–Trinajstić information content (AvgIpc) is 2.96. The molecule has 0 bridgehead atoms. The van der Waals surface area contributed by atoms with E-state index in [4.69, 9.17) is 16.3 Å². The molecule has 1 aliphatic rings. The fourth-order valence-electron chi connectivity index (χ4n) is 3.41. The van der Waals surface area contributed by atoms with Crippen LogP contribution in [0, 0.1) is 0 Å². The first-order chi connectivity index (χ1) is 11.7. The molecule has 4 rings (SSSR count). The lowest BCUT2D eigenvalue weighted by Crippen LogP contribution is -1.96. The van der Waals surface area contributed by atoms with E-state index < -0.39 is 6.10 Å². The second-order valence-corrected chi connectivity index (χ2v) is 6.47. The van der Waals surface area contributed by atoms with Gasteiger partial charge in [0.2, 0.25) is 0 Å². The molecule has 0 unspecified atom stereocenters. The number of aliphatic hydroxyl groups excluding tert-OH is 1. The predicted molar refractivity (Wildman–Crippen MR) is 95.8 cm³/mol. The molecule has 0 saturated carbocycles. The van der Waals surface area contributed by atoms with Crippen LogP contribution in [0.3, 0.4) is 0 Å². The van der Waals surface area contributed by atoms with Crippen molar-refractivity contribution in [1.29, 1.82) is 0 Å². The van der Waals surface area contributed by atoms with E-state index in [1.165, 1.54) is 5.56 Å². The summed E-state index contributed by atoms with van der Waals surface area (Å²) >= 11 is 5.92. The monoisotopic (exact) mass is 336 g/mol. The van der Waals surface area contributed by atoms with Gasteiger partial charge in [-0.2, -0.15) is 0 Å². The molecule has 0 aliphatic heterocycles. The summed E-state index contributed by atoms with van der Waals surface area (Å²) in [6.45, 7) is 0. The number of hydrogen-bond acceptors (Lipinski definition) is 2. The van der Waals surface area contributed by atoms with Crippen LogP contribution >= 0.6 is 11.6 Å². The SMILES string of the molecule is O[C@@H]1C[C@@H](c2ccccc2)c2cccc(Oc3ccc(Cl)cc3)c21. The zero-order valence-corrected chi connectivity index (χ0v) is 13.8. The first-order valence-corrected chi connectivity index (χ1v) is 8.39. The topological polar surface area (TPSA) is 29.5 Å². The summed E-state index contributed by atoms with van der Waals surface area (Å²) in [4.78, 5) is 0. The Bertz CT molecular complexity index is 843. The van der Waals surface area contributed by atoms with Gasteiger partial charge in [-0.1, -0.05) is 54.1 Å². The van der Waals surface area contributed by atoms with E-state index in [-0.39, 0.29) is 5.92 Å². The maximum absolute atomic E-state index is 10.6. The maximum atomic E-state index is 10.6. The van der Waals surface area contributed by atoms with Crippen LogP contribution < -0.4 is 4.74 Å². The molecule has 3 aromatic rings. The quantitative estimate of drug-likeness (QED) is 0.664. The number of rotatable bonds is 3. The van der Waals surface area contributed by atoms with Gasteiger partial charge >= 0.3 is 0 Å². The van der Waals surface area contributed by atoms with Gasteiger partial charge in [-0.15, -0.1) is 0 Å². The summed E-state index contributed by atoms with van der Waals surface area (Å²) in [6, 6.07) is 23.5. The van der Waals surface area contributed by atoms with Crippen molar-refractivity contribution in [3.8, 4) is 11.5 Å². The molecule has 0 amide bonds. The third-order valence-electron chi connectivity index (χ3n) is 4.51. The van der Waals surface area contributed by atoms with Crippen LogP contribution in [-0.4, -0.2) is 5.11 Å². The van der Waals surface area contributed by atoms with Gasteiger partial charge < -0.3 is 9.84 Å². The maximum Gasteiger partial charge on any atom is 0.133 e. The van der Waals surface area contributed by atoms with Crippen LogP contribution in [0.1, 0.15) is 35.1 Å². The van der Waals surface area contributed by atoms with Gasteiger partial charge in [0.25, 0.3) is 0 Å². The van der Waals surface area contributed by atoms with Crippen molar-refractivity contribution in [2.45, 2.75) is 18.4 Å². The molecule has 0 heterocycles. The Morgan fingerprint density at radius 3 is 2.38 bits per heavy atom. The van der Waals surface area contributed by atoms with Crippen molar-refractivity contribution in [2.75, 3.05) is 0 Å². The zero-order chi connectivity index (χ0) is 16.5. The van der Waals surface area contributed by atoms with E-state index in [0.29, 0.717) is 22.9 Å². The molecule has 0 spiro atoms. The lowest BCUT2D eigenvalue weighted by Gasteiger charge is -2.14. The molecule has 2 atom stereocenters. The van der Waals surface area contributed by atoms with Gasteiger partial charge in [-0.05, 0) is 47.9 Å². The Morgan fingerprint density at radius 2 is 1.62 bits per heavy atom. The number of halogens is 1. The van der Waals surface area contributed by atoms with E-state index in [0.717, 1.165) is 11.1 Å². The molecule has 1 aliphatic carbocycles. The minimum absolute atomic E-state index is 0.199. The second-order valence-electron chi connectivity index (χ2n) is 6.03. The molecule has 0 aromatic heterocycles. The van der Waals surface area contributed by atoms with Gasteiger partial charge in [-0.3, -0.25) is 0 Å². The predicted octanol–water partition coefficient (Wildman–Crippen LogP) is 5.70. The standard InChI is InChI=1S/C21H17ClO2/c22-15-9-11-16(12-10-15)24-20-8-4-7-17-18(13-19(23)21(17)20)14-5-2-1-3-6-14/h1-12,18-19,23H,13H2/t18-,19+/m0/s1. The fraction of sp³-hybridized carbons (Fsp3) is 0.143. The van der Waals surface area contributed by atoms with Gasteiger partial charge in [-0.25, -0.2) is 0 Å². The lowest BCUT2D eigenvalue weighted by molar-refractivity contribution is 0.173. The number of aliphatic hydroxyl groups is 1. The third-order valence-corrected chi connectivity index (χ3v) is 4.76. The molecule has 1 N–H and O–H groups in total. The van der Waals surface area contributed by atoms with Gasteiger partial charge in [0.1, 0.15) is 11.5 Å². The molecule has 24 heavy (non-hydrogen) atoms. The van der Waals surface area contributed by atoms with Gasteiger partial charge in [0.05, 0.1) is 6.10 Å². The van der Waals surface area contributed by atoms with Crippen molar-refractivity contribution >= 4 is 11.6 Å². The van der Waals surface area contributed by atoms with Crippen molar-refractivity contribution in [1.82, 2.24) is 0 Å². The van der Waals surface area contributed by atoms with Crippen LogP contribution in [-0.2, 0) is 0 Å². The van der Waals surface area contributed by atoms with E-state index in [1.54, 1.807) is 12.1 Å². The number of ether oxygens (including phenoxy) is 1. The van der Waals surface area contributed by atoms with E-state index in [2.05, 4.69) is 18.2 Å². The fourth-order valence-corrected chi connectivity index (χ4v) is 3.54. The highest BCUT2D eigenvalue weighted by atomic mass is 35.5. The summed E-state index contributed by atoms with van der Waals surface area (Å²) in [5.74, 6) is 1.62. The Balaban J connectivity index is 1.72. The highest BCUT2D eigenvalue weighted by Gasteiger charge is 2.33. The zero-order valence-electron chi connectivity index (χ0n) is 13.0. The molecule has 3 aromatic carbocycles. The Kier molecular flexibility index (Phi) is 4.01. The minimum atomic E-state index is -0.520. The van der Waals surface area contributed by atoms with Crippen LogP contribution in [0.2, 0.25) is 5.02 Å². The van der Waals surface area contributed by atoms with Crippen LogP contribution in [0.15, 0.2) is 72.8 Å². The number of benzene rings is 3. The summed E-state index contributed by atoms with van der Waals surface area (Å²) in [7, 11) is 0. The Labute approximate surface area is 146 Å². The van der Waals surface area contributed by atoms with Crippen molar-refractivity contribution in [2.24, 2.45) is 0 Å². The normalized spacial score (nSPS) is 19.1. The first-order valence-electron chi connectivity index (χ1n) is 8.01. The molecule has 0 fully saturated rings. The summed E-state index contributed by atoms with van der Waals surface area (Å²) in [5, 5.41) is 11.3. The molecule has 0 radical (unpaired) electrons. The lowest BCUT2D eigenvalue weighted by atomic mass is 9.93. The smallest absolute Gasteiger partial charge is 0.133 e. The Morgan fingerprint density at radius 1 is 0.875 bits per heavy atom. The molecular formula is C21H17ClO2.